The molecular formula is C18H26N2O6. The van der Waals surface area contributed by atoms with E-state index >= 15 is 0 Å². The molecule has 3 N–H and O–H groups in total. The zero-order chi connectivity index (χ0) is 19.4. The van der Waals surface area contributed by atoms with Gasteiger partial charge in [-0.25, -0.2) is 9.59 Å². The Bertz CT molecular complexity index is 578. The van der Waals surface area contributed by atoms with Crippen molar-refractivity contribution >= 4 is 18.0 Å². The Kier molecular flexibility index (Phi) is 9.78. The molecule has 0 aliphatic heterocycles. The average Bonchev–Trinajstić information content (AvgIpc) is 2.67. The summed E-state index contributed by atoms with van der Waals surface area (Å²) in [5.41, 5.74) is 0.822. The van der Waals surface area contributed by atoms with Crippen LogP contribution in [-0.4, -0.2) is 48.9 Å². The van der Waals surface area contributed by atoms with Gasteiger partial charge in [0.15, 0.2) is 6.04 Å². The molecule has 0 radical (unpaired) electrons. The van der Waals surface area contributed by atoms with Crippen molar-refractivity contribution in [2.45, 2.75) is 44.9 Å². The lowest BCUT2D eigenvalue weighted by molar-refractivity contribution is -0.146. The van der Waals surface area contributed by atoms with Gasteiger partial charge >= 0.3 is 12.1 Å². The van der Waals surface area contributed by atoms with Gasteiger partial charge in [0.25, 0.3) is 0 Å². The fourth-order valence-electron chi connectivity index (χ4n) is 2.18. The summed E-state index contributed by atoms with van der Waals surface area (Å²) in [5.74, 6) is -1.35. The summed E-state index contributed by atoms with van der Waals surface area (Å²) in [5, 5.41) is 14.1. The van der Waals surface area contributed by atoms with E-state index in [0.29, 0.717) is 12.8 Å². The van der Waals surface area contributed by atoms with E-state index in [0.717, 1.165) is 19.1 Å². The molecule has 0 spiro atoms. The van der Waals surface area contributed by atoms with E-state index in [4.69, 9.17) is 4.74 Å². The molecule has 0 aliphatic carbocycles. The van der Waals surface area contributed by atoms with Crippen LogP contribution in [0.2, 0.25) is 0 Å². The Morgan fingerprint density at radius 3 is 2.38 bits per heavy atom. The molecule has 0 heterocycles. The Labute approximate surface area is 152 Å². The number of ether oxygens (including phenoxy) is 2. The molecule has 2 amide bonds. The van der Waals surface area contributed by atoms with Crippen LogP contribution in [0.15, 0.2) is 30.3 Å². The highest BCUT2D eigenvalue weighted by Crippen LogP contribution is 2.04. The predicted molar refractivity (Wildman–Crippen MR) is 94.1 cm³/mol. The van der Waals surface area contributed by atoms with Gasteiger partial charge in [0.05, 0.1) is 13.7 Å². The van der Waals surface area contributed by atoms with E-state index < -0.39 is 36.7 Å². The SMILES string of the molecule is CCCC[C@@H](NC(=O)OCc1ccccc1)C(=O)N[C@H](CO)C(=O)OC. The molecule has 0 saturated heterocycles. The summed E-state index contributed by atoms with van der Waals surface area (Å²) in [7, 11) is 1.16. The molecule has 1 aromatic carbocycles. The van der Waals surface area contributed by atoms with Crippen molar-refractivity contribution in [1.29, 1.82) is 0 Å². The van der Waals surface area contributed by atoms with Crippen molar-refractivity contribution in [2.75, 3.05) is 13.7 Å². The van der Waals surface area contributed by atoms with Crippen LogP contribution < -0.4 is 10.6 Å². The number of aliphatic hydroxyl groups is 1. The van der Waals surface area contributed by atoms with Gasteiger partial charge < -0.3 is 25.2 Å². The van der Waals surface area contributed by atoms with E-state index in [1.54, 1.807) is 0 Å². The minimum absolute atomic E-state index is 0.0796. The second-order valence-corrected chi connectivity index (χ2v) is 5.67. The molecular weight excluding hydrogens is 340 g/mol. The molecule has 144 valence electrons. The molecule has 0 aromatic heterocycles. The molecule has 0 bridgehead atoms. The number of esters is 1. The molecule has 0 saturated carbocycles. The molecule has 0 aliphatic rings. The quantitative estimate of drug-likeness (QED) is 0.535. The standard InChI is InChI=1S/C18H26N2O6/c1-3-4-10-14(16(22)19-15(11-21)17(23)25-2)20-18(24)26-12-13-8-6-5-7-9-13/h5-9,14-15,21H,3-4,10-12H2,1-2H3,(H,19,22)(H,20,24)/t14-,15-/m1/s1. The number of rotatable bonds is 10. The molecule has 0 unspecified atom stereocenters. The highest BCUT2D eigenvalue weighted by atomic mass is 16.5. The first-order valence-corrected chi connectivity index (χ1v) is 8.48. The number of nitrogens with one attached hydrogen (secondary N) is 2. The topological polar surface area (TPSA) is 114 Å². The van der Waals surface area contributed by atoms with Crippen LogP contribution in [0.5, 0.6) is 0 Å². The average molecular weight is 366 g/mol. The number of methoxy groups -OCH3 is 1. The van der Waals surface area contributed by atoms with Crippen molar-refractivity contribution in [3.63, 3.8) is 0 Å². The molecule has 26 heavy (non-hydrogen) atoms. The van der Waals surface area contributed by atoms with Crippen LogP contribution in [0.3, 0.4) is 0 Å². The molecule has 8 nitrogen and oxygen atoms in total. The van der Waals surface area contributed by atoms with Gasteiger partial charge in [0.1, 0.15) is 12.6 Å². The number of unbranched alkanes of at least 4 members (excludes halogenated alkanes) is 1. The third kappa shape index (κ3) is 7.52. The number of benzene rings is 1. The smallest absolute Gasteiger partial charge is 0.408 e. The zero-order valence-corrected chi connectivity index (χ0v) is 15.1. The van der Waals surface area contributed by atoms with E-state index in [2.05, 4.69) is 15.4 Å². The van der Waals surface area contributed by atoms with Crippen LogP contribution in [-0.2, 0) is 25.7 Å². The largest absolute Gasteiger partial charge is 0.467 e. The van der Waals surface area contributed by atoms with Crippen molar-refractivity contribution in [2.24, 2.45) is 0 Å². The first-order valence-electron chi connectivity index (χ1n) is 8.48. The fourth-order valence-corrected chi connectivity index (χ4v) is 2.18. The van der Waals surface area contributed by atoms with Crippen LogP contribution in [0, 0.1) is 0 Å². The molecule has 1 aromatic rings. The molecule has 1 rings (SSSR count). The number of alkyl carbamates (subject to hydrolysis) is 1. The summed E-state index contributed by atoms with van der Waals surface area (Å²) in [6, 6.07) is 7.09. The summed E-state index contributed by atoms with van der Waals surface area (Å²) < 4.78 is 9.63. The normalized spacial score (nSPS) is 12.6. The lowest BCUT2D eigenvalue weighted by atomic mass is 10.1. The monoisotopic (exact) mass is 366 g/mol. The number of carbonyl (C=O) groups excluding carboxylic acids is 3. The van der Waals surface area contributed by atoms with Crippen molar-refractivity contribution < 1.29 is 29.0 Å². The lowest BCUT2D eigenvalue weighted by Crippen LogP contribution is -2.53. The van der Waals surface area contributed by atoms with Crippen LogP contribution in [0.4, 0.5) is 4.79 Å². The minimum atomic E-state index is -1.18. The van der Waals surface area contributed by atoms with E-state index in [9.17, 15) is 19.5 Å². The first-order chi connectivity index (χ1) is 12.5. The van der Waals surface area contributed by atoms with E-state index in [1.165, 1.54) is 0 Å². The second-order valence-electron chi connectivity index (χ2n) is 5.67. The maximum atomic E-state index is 12.3. The van der Waals surface area contributed by atoms with E-state index in [-0.39, 0.29) is 6.61 Å². The molecule has 2 atom stereocenters. The Balaban J connectivity index is 2.62. The van der Waals surface area contributed by atoms with Gasteiger partial charge in [-0.15, -0.1) is 0 Å². The van der Waals surface area contributed by atoms with Gasteiger partial charge in [0.2, 0.25) is 5.91 Å². The number of carbonyl (C=O) groups is 3. The molecule has 0 fully saturated rings. The molecule has 8 heteroatoms. The zero-order valence-electron chi connectivity index (χ0n) is 15.1. The third-order valence-corrected chi connectivity index (χ3v) is 3.65. The maximum absolute atomic E-state index is 12.3. The van der Waals surface area contributed by atoms with Gasteiger partial charge in [0, 0.05) is 0 Å². The van der Waals surface area contributed by atoms with Crippen molar-refractivity contribution in [1.82, 2.24) is 10.6 Å². The number of amides is 2. The number of aliphatic hydroxyl groups excluding tert-OH is 1. The Morgan fingerprint density at radius 1 is 1.12 bits per heavy atom. The van der Waals surface area contributed by atoms with Crippen molar-refractivity contribution in [3.05, 3.63) is 35.9 Å². The minimum Gasteiger partial charge on any atom is -0.467 e. The highest BCUT2D eigenvalue weighted by Gasteiger charge is 2.26. The lowest BCUT2D eigenvalue weighted by Gasteiger charge is -2.21. The predicted octanol–water partition coefficient (Wildman–Crippen LogP) is 1.12. The Hall–Kier alpha value is -2.61. The van der Waals surface area contributed by atoms with Crippen LogP contribution in [0.25, 0.3) is 0 Å². The second kappa shape index (κ2) is 11.9. The number of hydrogen-bond donors (Lipinski definition) is 3. The van der Waals surface area contributed by atoms with Crippen molar-refractivity contribution in [3.8, 4) is 0 Å². The summed E-state index contributed by atoms with van der Waals surface area (Å²) >= 11 is 0. The third-order valence-electron chi connectivity index (χ3n) is 3.65. The van der Waals surface area contributed by atoms with Gasteiger partial charge in [-0.3, -0.25) is 4.79 Å². The first kappa shape index (κ1) is 21.4. The summed E-state index contributed by atoms with van der Waals surface area (Å²) in [6.07, 6.45) is 1.16. The maximum Gasteiger partial charge on any atom is 0.408 e. The Morgan fingerprint density at radius 2 is 1.81 bits per heavy atom. The highest BCUT2D eigenvalue weighted by molar-refractivity contribution is 5.89. The van der Waals surface area contributed by atoms with Crippen LogP contribution in [0.1, 0.15) is 31.7 Å². The van der Waals surface area contributed by atoms with Gasteiger partial charge in [-0.2, -0.15) is 0 Å². The fraction of sp³-hybridized carbons (Fsp3) is 0.500. The van der Waals surface area contributed by atoms with Gasteiger partial charge in [-0.05, 0) is 12.0 Å². The number of hydrogen-bond acceptors (Lipinski definition) is 6. The van der Waals surface area contributed by atoms with E-state index in [1.807, 2.05) is 37.3 Å². The van der Waals surface area contributed by atoms with Gasteiger partial charge in [-0.1, -0.05) is 50.1 Å². The summed E-state index contributed by atoms with van der Waals surface area (Å²) in [4.78, 5) is 35.8. The summed E-state index contributed by atoms with van der Waals surface area (Å²) in [6.45, 7) is 1.43. The van der Waals surface area contributed by atoms with Crippen LogP contribution >= 0.6 is 0 Å².